The lowest BCUT2D eigenvalue weighted by molar-refractivity contribution is -0.0505. The largest absolute Gasteiger partial charge is 0.493 e. The number of aliphatic imine (C=N–C) groups is 1. The van der Waals surface area contributed by atoms with E-state index in [1.54, 1.807) is 20.2 Å². The van der Waals surface area contributed by atoms with Crippen molar-refractivity contribution in [1.29, 1.82) is 0 Å². The van der Waals surface area contributed by atoms with Crippen molar-refractivity contribution in [1.82, 2.24) is 10.6 Å². The number of benzene rings is 2. The predicted molar refractivity (Wildman–Crippen MR) is 126 cm³/mol. The van der Waals surface area contributed by atoms with Gasteiger partial charge in [0, 0.05) is 25.2 Å². The van der Waals surface area contributed by atoms with Crippen LogP contribution in [0.5, 0.6) is 28.7 Å². The molecule has 3 rings (SSSR count). The summed E-state index contributed by atoms with van der Waals surface area (Å²) in [5.41, 5.74) is 0.478. The van der Waals surface area contributed by atoms with Gasteiger partial charge in [-0.15, -0.1) is 24.0 Å². The second-order valence-corrected chi connectivity index (χ2v) is 6.58. The van der Waals surface area contributed by atoms with Crippen LogP contribution >= 0.6 is 24.0 Å². The van der Waals surface area contributed by atoms with Crippen LogP contribution < -0.4 is 34.3 Å². The van der Waals surface area contributed by atoms with Crippen LogP contribution in [0.4, 0.5) is 8.78 Å². The third kappa shape index (κ3) is 6.90. The van der Waals surface area contributed by atoms with Gasteiger partial charge in [-0.2, -0.15) is 8.78 Å². The molecule has 8 nitrogen and oxygen atoms in total. The van der Waals surface area contributed by atoms with E-state index in [4.69, 9.17) is 18.9 Å². The van der Waals surface area contributed by atoms with Gasteiger partial charge in [-0.25, -0.2) is 0 Å². The molecule has 1 aliphatic heterocycles. The number of nitrogens with zero attached hydrogens (tertiary/aromatic N) is 1. The summed E-state index contributed by atoms with van der Waals surface area (Å²) >= 11 is 0. The lowest BCUT2D eigenvalue weighted by atomic mass is 10.1. The van der Waals surface area contributed by atoms with Gasteiger partial charge >= 0.3 is 6.61 Å². The van der Waals surface area contributed by atoms with E-state index in [0.29, 0.717) is 41.1 Å². The van der Waals surface area contributed by atoms with Crippen LogP contribution in [0.3, 0.4) is 0 Å². The van der Waals surface area contributed by atoms with Crippen LogP contribution in [0.25, 0.3) is 0 Å². The minimum Gasteiger partial charge on any atom is -0.493 e. The van der Waals surface area contributed by atoms with E-state index in [9.17, 15) is 8.78 Å². The molecular weight excluding hydrogens is 539 g/mol. The maximum absolute atomic E-state index is 12.8. The fraction of sp³-hybridized carbons (Fsp3) is 0.381. The monoisotopic (exact) mass is 565 g/mol. The summed E-state index contributed by atoms with van der Waals surface area (Å²) in [6, 6.07) is 10.4. The zero-order valence-electron chi connectivity index (χ0n) is 17.9. The molecule has 2 aromatic rings. The maximum Gasteiger partial charge on any atom is 0.387 e. The molecule has 176 valence electrons. The zero-order valence-corrected chi connectivity index (χ0v) is 20.2. The smallest absolute Gasteiger partial charge is 0.387 e. The molecule has 0 aliphatic carbocycles. The number of ether oxygens (including phenoxy) is 5. The number of alkyl halides is 2. The molecule has 0 bridgehead atoms. The maximum atomic E-state index is 12.8. The molecule has 0 spiro atoms. The fourth-order valence-corrected chi connectivity index (χ4v) is 2.92. The van der Waals surface area contributed by atoms with Crippen LogP contribution in [0.1, 0.15) is 12.5 Å². The van der Waals surface area contributed by atoms with Gasteiger partial charge in [-0.3, -0.25) is 4.99 Å². The SMILES string of the molecule is CN=C(NCc1cc2c(cc1OC(F)F)OCO2)NCC(C)Oc1ccccc1OC.I. The Bertz CT molecular complexity index is 917. The molecule has 1 unspecified atom stereocenters. The quantitative estimate of drug-likeness (QED) is 0.272. The second kappa shape index (κ2) is 12.4. The number of hydrogen-bond donors (Lipinski definition) is 2. The van der Waals surface area contributed by atoms with Crippen LogP contribution in [-0.2, 0) is 6.54 Å². The molecule has 0 radical (unpaired) electrons. The first-order chi connectivity index (χ1) is 15.0. The van der Waals surface area contributed by atoms with E-state index in [1.165, 1.54) is 6.07 Å². The highest BCUT2D eigenvalue weighted by Crippen LogP contribution is 2.38. The third-order valence-electron chi connectivity index (χ3n) is 4.40. The van der Waals surface area contributed by atoms with Crippen molar-refractivity contribution in [3.05, 3.63) is 42.0 Å². The molecule has 2 aromatic carbocycles. The Morgan fingerprint density at radius 1 is 1.06 bits per heavy atom. The molecule has 0 saturated carbocycles. The highest BCUT2D eigenvalue weighted by molar-refractivity contribution is 14.0. The number of hydrogen-bond acceptors (Lipinski definition) is 6. The molecule has 1 atom stereocenters. The van der Waals surface area contributed by atoms with Crippen LogP contribution in [-0.4, -0.2) is 46.2 Å². The van der Waals surface area contributed by atoms with Gasteiger partial charge in [-0.1, -0.05) is 12.1 Å². The molecular formula is C21H26F2IN3O5. The Balaban J connectivity index is 0.00000363. The molecule has 0 saturated heterocycles. The molecule has 2 N–H and O–H groups in total. The topological polar surface area (TPSA) is 82.6 Å². The van der Waals surface area contributed by atoms with Gasteiger partial charge in [0.1, 0.15) is 11.9 Å². The molecule has 0 aromatic heterocycles. The summed E-state index contributed by atoms with van der Waals surface area (Å²) in [5.74, 6) is 2.60. The van der Waals surface area contributed by atoms with Crippen LogP contribution in [0.15, 0.2) is 41.4 Å². The Kier molecular flexibility index (Phi) is 9.88. The normalized spacial score (nSPS) is 13.2. The van der Waals surface area contributed by atoms with E-state index >= 15 is 0 Å². The number of fused-ring (bicyclic) bond motifs is 1. The molecule has 0 fully saturated rings. The summed E-state index contributed by atoms with van der Waals surface area (Å²) in [4.78, 5) is 4.15. The van der Waals surface area contributed by atoms with Gasteiger partial charge in [-0.05, 0) is 25.1 Å². The van der Waals surface area contributed by atoms with E-state index in [2.05, 4.69) is 20.4 Å². The van der Waals surface area contributed by atoms with E-state index in [0.717, 1.165) is 0 Å². The average Bonchev–Trinajstić information content (AvgIpc) is 3.21. The van der Waals surface area contributed by atoms with Crippen molar-refractivity contribution in [3.8, 4) is 28.7 Å². The van der Waals surface area contributed by atoms with Crippen molar-refractivity contribution in [2.45, 2.75) is 26.2 Å². The van der Waals surface area contributed by atoms with E-state index in [1.807, 2.05) is 31.2 Å². The minimum atomic E-state index is -2.95. The molecule has 1 heterocycles. The Morgan fingerprint density at radius 2 is 1.75 bits per heavy atom. The fourth-order valence-electron chi connectivity index (χ4n) is 2.92. The van der Waals surface area contributed by atoms with Crippen molar-refractivity contribution >= 4 is 29.9 Å². The summed E-state index contributed by atoms with van der Waals surface area (Å²) in [6.07, 6.45) is -0.196. The average molecular weight is 565 g/mol. The summed E-state index contributed by atoms with van der Waals surface area (Å²) in [7, 11) is 3.19. The number of para-hydroxylation sites is 2. The van der Waals surface area contributed by atoms with Crippen molar-refractivity contribution in [3.63, 3.8) is 0 Å². The summed E-state index contributed by atoms with van der Waals surface area (Å²) in [5, 5.41) is 6.21. The van der Waals surface area contributed by atoms with Crippen LogP contribution in [0, 0.1) is 0 Å². The van der Waals surface area contributed by atoms with Crippen molar-refractivity contribution < 1.29 is 32.5 Å². The molecule has 11 heteroatoms. The molecule has 1 aliphatic rings. The summed E-state index contributed by atoms with van der Waals surface area (Å²) in [6.45, 7) is -0.392. The van der Waals surface area contributed by atoms with Crippen LogP contribution in [0.2, 0.25) is 0 Å². The highest BCUT2D eigenvalue weighted by atomic mass is 127. The minimum absolute atomic E-state index is 0. The zero-order chi connectivity index (χ0) is 22.2. The second-order valence-electron chi connectivity index (χ2n) is 6.58. The Hall–Kier alpha value is -2.70. The first-order valence-electron chi connectivity index (χ1n) is 9.61. The van der Waals surface area contributed by atoms with Crippen molar-refractivity contribution in [2.75, 3.05) is 27.5 Å². The third-order valence-corrected chi connectivity index (χ3v) is 4.40. The van der Waals surface area contributed by atoms with Gasteiger partial charge < -0.3 is 34.3 Å². The number of guanidine groups is 1. The van der Waals surface area contributed by atoms with Gasteiger partial charge in [0.05, 0.1) is 13.7 Å². The number of nitrogens with one attached hydrogen (secondary N) is 2. The van der Waals surface area contributed by atoms with E-state index < -0.39 is 6.61 Å². The summed E-state index contributed by atoms with van der Waals surface area (Å²) < 4.78 is 51.9. The first-order valence-corrected chi connectivity index (χ1v) is 9.61. The van der Waals surface area contributed by atoms with E-state index in [-0.39, 0.29) is 49.2 Å². The number of methoxy groups -OCH3 is 1. The lowest BCUT2D eigenvalue weighted by Gasteiger charge is -2.19. The highest BCUT2D eigenvalue weighted by Gasteiger charge is 2.20. The number of halogens is 3. The first kappa shape index (κ1) is 25.6. The van der Waals surface area contributed by atoms with Crippen molar-refractivity contribution in [2.24, 2.45) is 4.99 Å². The number of rotatable bonds is 9. The Morgan fingerprint density at radius 3 is 2.41 bits per heavy atom. The van der Waals surface area contributed by atoms with Gasteiger partial charge in [0.25, 0.3) is 0 Å². The lowest BCUT2D eigenvalue weighted by Crippen LogP contribution is -2.41. The standard InChI is InChI=1S/C21H25F2N3O5.HI/c1-13(30-16-7-5-4-6-15(16)27-3)10-25-21(24-2)26-11-14-8-18-19(29-12-28-18)9-17(14)31-20(22)23;/h4-9,13,20H,10-12H2,1-3H3,(H2,24,25,26);1H. The predicted octanol–water partition coefficient (Wildman–Crippen LogP) is 3.78. The van der Waals surface area contributed by atoms with Gasteiger partial charge in [0.15, 0.2) is 29.0 Å². The molecule has 32 heavy (non-hydrogen) atoms. The molecule has 0 amide bonds. The van der Waals surface area contributed by atoms with Gasteiger partial charge in [0.2, 0.25) is 6.79 Å². The Labute approximate surface area is 202 Å².